The Labute approximate surface area is 709 Å². The van der Waals surface area contributed by atoms with Crippen LogP contribution in [0.15, 0.2) is 227 Å². The van der Waals surface area contributed by atoms with Crippen molar-refractivity contribution in [3.63, 3.8) is 0 Å². The molecule has 10 aromatic rings. The molecule has 9 aromatic carbocycles. The van der Waals surface area contributed by atoms with Crippen LogP contribution >= 0.6 is 34.9 Å². The molecule has 612 valence electrons. The molecule has 15 atom stereocenters. The maximum atomic E-state index is 14.4. The van der Waals surface area contributed by atoms with Gasteiger partial charge >= 0.3 is 0 Å². The zero-order valence-corrected chi connectivity index (χ0v) is 71.5. The van der Waals surface area contributed by atoms with Crippen LogP contribution in [0.3, 0.4) is 0 Å². The number of hydrogen-bond donors (Lipinski definition) is 5. The number of anilines is 5. The summed E-state index contributed by atoms with van der Waals surface area (Å²) >= 11 is 4.19. The Kier molecular flexibility index (Phi) is 25.9. The summed E-state index contributed by atoms with van der Waals surface area (Å²) in [6.45, 7) is 22.0. The van der Waals surface area contributed by atoms with E-state index in [1.165, 1.54) is 103 Å². The number of nitrogens with one attached hydrogen (secondary N) is 5. The highest BCUT2D eigenvalue weighted by atomic mass is 32.2. The van der Waals surface area contributed by atoms with Gasteiger partial charge in [0.15, 0.2) is 0 Å². The first-order valence-corrected chi connectivity index (χ1v) is 45.3. The number of benzene rings is 9. The van der Waals surface area contributed by atoms with E-state index >= 15 is 0 Å². The molecule has 12 nitrogen and oxygen atoms in total. The minimum atomic E-state index is -0.140. The Morgan fingerprint density at radius 2 is 0.686 bits per heavy atom. The molecule has 1 aromatic heterocycles. The molecule has 10 aliphatic rings. The molecule has 20 rings (SSSR count). The number of thioether (sulfide) groups is 2. The first-order valence-electron chi connectivity index (χ1n) is 42.7. The Hall–Kier alpha value is -8.98. The standard InChI is InChI=1S/2C22H26FNO.2C19H18N2OS.C19H23NOS/c2*1-22(2,3)14-10-11-19-17(13-14)21-16(8-6-12-25-21)20(24-19)15-7-4-5-9-18(15)23;2*20-12-23-14-8-9-17-16(11-14)19-15(7-4-10-22-19)18(21-17)13-5-2-1-3-6-13;1-12(2)13-5-6-17-16(10-13)19-15(4-3-8-21-19)18(20-17)14-7-9-22-11-14/h2*4-5,7,9-11,13,16,20-21,24H,6,8,12H2,1-3H3;2*1-3,5-6,8-9,11,15,18-19,21H,4,7,10H2;5-7,9-12,15,18-20H,3-4,8H2,1-2H3/t16-,20-,21-;;15-,18-,19-;;15-,18-,19-/m1.0.1/s1. The number of ether oxygens (including phenoxy) is 5. The lowest BCUT2D eigenvalue weighted by Crippen LogP contribution is -2.36. The average Bonchev–Trinajstić information content (AvgIpc) is 0.893. The largest absolute Gasteiger partial charge is 0.378 e. The van der Waals surface area contributed by atoms with Gasteiger partial charge in [0.1, 0.15) is 22.4 Å². The second-order valence-electron chi connectivity index (χ2n) is 35.5. The van der Waals surface area contributed by atoms with Gasteiger partial charge in [-0.3, -0.25) is 0 Å². The van der Waals surface area contributed by atoms with Crippen molar-refractivity contribution < 1.29 is 32.5 Å². The predicted octanol–water partition coefficient (Wildman–Crippen LogP) is 26.8. The SMILES string of the molecule is CC(C)(C)c1ccc2c(c1)C1OCCCC1C(c1ccccc1F)N2.CC(C)(C)c1ccc2c(c1)[C@@H]1OCCC[C@@H]1[C@@H](c1ccccc1F)N2.CC(C)c1ccc2c(c1)[C@@H]1OCCC[C@@H]1[C@@H](c1ccsc1)N2.N#CSc1ccc2c(c1)C1OCCCC1C(c1ccccc1)N2.N#CSc1ccc2c(c1)[C@H]1OCCC[C@H]1[C@H](c1ccccc1)N2. The van der Waals surface area contributed by atoms with Crippen molar-refractivity contribution in [3.8, 4) is 10.8 Å². The summed E-state index contributed by atoms with van der Waals surface area (Å²) in [7, 11) is 0. The van der Waals surface area contributed by atoms with Gasteiger partial charge in [-0.15, -0.1) is 0 Å². The summed E-state index contributed by atoms with van der Waals surface area (Å²) in [4.78, 5) is 1.97. The quantitative estimate of drug-likeness (QED) is 0.0724. The van der Waals surface area contributed by atoms with E-state index < -0.39 is 0 Å². The van der Waals surface area contributed by atoms with E-state index in [9.17, 15) is 8.78 Å². The number of fused-ring (bicyclic) bond motifs is 15. The minimum Gasteiger partial charge on any atom is -0.378 e. The van der Waals surface area contributed by atoms with Gasteiger partial charge in [-0.1, -0.05) is 189 Å². The second kappa shape index (κ2) is 36.9. The molecule has 5 N–H and O–H groups in total. The molecule has 0 aliphatic carbocycles. The number of rotatable bonds is 8. The molecule has 0 amide bonds. The number of nitrogens with zero attached hydrogens (tertiary/aromatic N) is 2. The van der Waals surface area contributed by atoms with Crippen LogP contribution < -0.4 is 26.6 Å². The van der Waals surface area contributed by atoms with Crippen molar-refractivity contribution in [2.45, 2.75) is 207 Å². The van der Waals surface area contributed by atoms with Gasteiger partial charge in [-0.05, 0) is 221 Å². The van der Waals surface area contributed by atoms with E-state index in [0.717, 1.165) is 128 Å². The monoisotopic (exact) mass is 1640 g/mol. The fourth-order valence-electron chi connectivity index (χ4n) is 19.7. The highest BCUT2D eigenvalue weighted by Crippen LogP contribution is 2.56. The molecular formula is C101H111F2N7O5S3. The first-order chi connectivity index (χ1) is 57.4. The van der Waals surface area contributed by atoms with E-state index in [-0.39, 0.29) is 89.0 Å². The second-order valence-corrected chi connectivity index (χ2v) is 38.0. The molecule has 0 saturated carbocycles. The predicted molar refractivity (Wildman–Crippen MR) is 476 cm³/mol. The van der Waals surface area contributed by atoms with Gasteiger partial charge in [0.25, 0.3) is 0 Å². The summed E-state index contributed by atoms with van der Waals surface area (Å²) in [6, 6.07) is 71.0. The van der Waals surface area contributed by atoms with Crippen LogP contribution in [0.2, 0.25) is 0 Å². The molecule has 6 unspecified atom stereocenters. The zero-order chi connectivity index (χ0) is 81.6. The Morgan fingerprint density at radius 3 is 1.03 bits per heavy atom. The van der Waals surface area contributed by atoms with E-state index in [4.69, 9.17) is 34.2 Å². The third-order valence-corrected chi connectivity index (χ3v) is 27.6. The normalized spacial score (nSPS) is 25.9. The highest BCUT2D eigenvalue weighted by Gasteiger charge is 2.46. The number of hydrogen-bond acceptors (Lipinski definition) is 15. The summed E-state index contributed by atoms with van der Waals surface area (Å²) in [6.07, 6.45) is 11.7. The fraction of sp³-hybridized carbons (Fsp3) is 0.406. The molecule has 0 radical (unpaired) electrons. The molecule has 118 heavy (non-hydrogen) atoms. The van der Waals surface area contributed by atoms with E-state index in [1.807, 2.05) is 36.4 Å². The van der Waals surface area contributed by atoms with Crippen molar-refractivity contribution >= 4 is 63.3 Å². The van der Waals surface area contributed by atoms with Crippen LogP contribution in [0.5, 0.6) is 0 Å². The van der Waals surface area contributed by atoms with Crippen molar-refractivity contribution in [3.05, 3.63) is 301 Å². The molecule has 17 heteroatoms. The summed E-state index contributed by atoms with van der Waals surface area (Å²) in [5.74, 6) is 2.20. The minimum absolute atomic E-state index is 0.0388. The lowest BCUT2D eigenvalue weighted by molar-refractivity contribution is -0.0385. The molecule has 0 spiro atoms. The van der Waals surface area contributed by atoms with Crippen molar-refractivity contribution in [1.29, 1.82) is 10.5 Å². The zero-order valence-electron chi connectivity index (χ0n) is 69.0. The fourth-order valence-corrected chi connectivity index (χ4v) is 21.2. The van der Waals surface area contributed by atoms with Gasteiger partial charge < -0.3 is 50.3 Å². The van der Waals surface area contributed by atoms with Crippen LogP contribution in [0.1, 0.15) is 259 Å². The topological polar surface area (TPSA) is 154 Å². The van der Waals surface area contributed by atoms with Crippen molar-refractivity contribution in [2.24, 2.45) is 29.6 Å². The number of nitriles is 2. The van der Waals surface area contributed by atoms with Crippen LogP contribution in [-0.4, -0.2) is 33.0 Å². The van der Waals surface area contributed by atoms with Gasteiger partial charge in [0.2, 0.25) is 0 Å². The Balaban J connectivity index is 0.000000110. The summed E-state index contributed by atoms with van der Waals surface area (Å²) in [5.41, 5.74) is 21.6. The number of halogens is 2. The van der Waals surface area contributed by atoms with Crippen molar-refractivity contribution in [2.75, 3.05) is 59.6 Å². The average molecular weight is 1640 g/mol. The van der Waals surface area contributed by atoms with Crippen LogP contribution in [0.4, 0.5) is 37.2 Å². The van der Waals surface area contributed by atoms with Gasteiger partial charge in [-0.2, -0.15) is 21.9 Å². The lowest BCUT2D eigenvalue weighted by Gasteiger charge is -2.44. The van der Waals surface area contributed by atoms with E-state index in [2.05, 4.69) is 249 Å². The summed E-state index contributed by atoms with van der Waals surface area (Å²) in [5, 5.41) is 45.0. The maximum Gasteiger partial charge on any atom is 0.138 e. The summed E-state index contributed by atoms with van der Waals surface area (Å²) < 4.78 is 59.9. The molecule has 0 bridgehead atoms. The Morgan fingerprint density at radius 1 is 0.364 bits per heavy atom. The smallest absolute Gasteiger partial charge is 0.138 e. The van der Waals surface area contributed by atoms with E-state index in [0.29, 0.717) is 29.7 Å². The Bertz CT molecular complexity index is 4920. The molecule has 11 heterocycles. The maximum absolute atomic E-state index is 14.4. The van der Waals surface area contributed by atoms with Crippen LogP contribution in [0, 0.1) is 62.6 Å². The van der Waals surface area contributed by atoms with Crippen LogP contribution in [0.25, 0.3) is 0 Å². The third kappa shape index (κ3) is 18.1. The number of thiophene rings is 1. The highest BCUT2D eigenvalue weighted by molar-refractivity contribution is 8.04. The lowest BCUT2D eigenvalue weighted by atomic mass is 9.75. The molecule has 5 saturated heterocycles. The number of thiocyanates is 2. The molecule has 10 aliphatic heterocycles. The van der Waals surface area contributed by atoms with Gasteiger partial charge in [0, 0.05) is 140 Å². The molecule has 5 fully saturated rings. The van der Waals surface area contributed by atoms with Crippen LogP contribution in [-0.2, 0) is 34.5 Å². The van der Waals surface area contributed by atoms with E-state index in [1.54, 1.807) is 35.6 Å². The first kappa shape index (κ1) is 82.7. The van der Waals surface area contributed by atoms with Gasteiger partial charge in [-0.25, -0.2) is 8.78 Å². The van der Waals surface area contributed by atoms with Gasteiger partial charge in [0.05, 0.1) is 60.7 Å². The van der Waals surface area contributed by atoms with Crippen molar-refractivity contribution in [1.82, 2.24) is 0 Å². The third-order valence-electron chi connectivity index (χ3n) is 25.7. The molecular weight excluding hydrogens is 1530 g/mol.